The molecule has 1 atom stereocenters. The highest BCUT2D eigenvalue weighted by Crippen LogP contribution is 2.41. The third kappa shape index (κ3) is 9.92. The summed E-state index contributed by atoms with van der Waals surface area (Å²) in [7, 11) is 0. The molecule has 8 nitrogen and oxygen atoms in total. The van der Waals surface area contributed by atoms with E-state index >= 15 is 0 Å². The number of esters is 1. The molecule has 3 amide bonds. The molecule has 3 N–H and O–H groups in total. The Morgan fingerprint density at radius 3 is 2.30 bits per heavy atom. The highest BCUT2D eigenvalue weighted by atomic mass is 79.9. The number of rotatable bonds is 12. The molecule has 1 aromatic heterocycles. The van der Waals surface area contributed by atoms with E-state index in [0.717, 1.165) is 63.0 Å². The number of anilines is 2. The summed E-state index contributed by atoms with van der Waals surface area (Å²) in [5, 5.41) is 8.64. The normalized spacial score (nSPS) is 13.2. The molecular weight excluding hydrogens is 771 g/mol. The number of hydrogen-bond acceptors (Lipinski definition) is 7. The van der Waals surface area contributed by atoms with Gasteiger partial charge in [0.1, 0.15) is 15.9 Å². The lowest BCUT2D eigenvalue weighted by atomic mass is 10.1. The van der Waals surface area contributed by atoms with Crippen LogP contribution in [-0.4, -0.2) is 30.3 Å². The van der Waals surface area contributed by atoms with Crippen molar-refractivity contribution >= 4 is 79.5 Å². The van der Waals surface area contributed by atoms with E-state index in [1.165, 1.54) is 23.1 Å². The lowest BCUT2D eigenvalue weighted by Gasteiger charge is -2.18. The first-order chi connectivity index (χ1) is 25.8. The number of benzene rings is 4. The zero-order chi connectivity index (χ0) is 37.2. The second kappa shape index (κ2) is 18.2. The Morgan fingerprint density at radius 2 is 1.57 bits per heavy atom. The fraction of sp³-hybridized carbons (Fsp3) is 0.190. The van der Waals surface area contributed by atoms with Gasteiger partial charge in [0.25, 0.3) is 11.8 Å². The number of fused-ring (bicyclic) bond motifs is 1. The molecule has 0 spiro atoms. The average Bonchev–Trinajstić information content (AvgIpc) is 3.34. The molecule has 0 saturated carbocycles. The number of ether oxygens (including phenoxy) is 1. The largest absolute Gasteiger partial charge is 0.462 e. The van der Waals surface area contributed by atoms with Gasteiger partial charge in [-0.25, -0.2) is 4.79 Å². The number of halogens is 1. The van der Waals surface area contributed by atoms with Crippen molar-refractivity contribution < 1.29 is 23.9 Å². The van der Waals surface area contributed by atoms with Crippen LogP contribution in [0.5, 0.6) is 0 Å². The lowest BCUT2D eigenvalue weighted by molar-refractivity contribution is -0.116. The van der Waals surface area contributed by atoms with Gasteiger partial charge in [-0.1, -0.05) is 89.1 Å². The van der Waals surface area contributed by atoms with E-state index < -0.39 is 23.0 Å². The molecule has 6 rings (SSSR count). The van der Waals surface area contributed by atoms with E-state index in [1.54, 1.807) is 55.5 Å². The van der Waals surface area contributed by atoms with Crippen molar-refractivity contribution in [2.45, 2.75) is 49.2 Å². The molecule has 53 heavy (non-hydrogen) atoms. The maximum atomic E-state index is 14.2. The number of carbonyl (C=O) groups excluding carboxylic acids is 4. The second-order valence-electron chi connectivity index (χ2n) is 12.3. The van der Waals surface area contributed by atoms with Crippen LogP contribution in [0.25, 0.3) is 6.08 Å². The quantitative estimate of drug-likeness (QED) is 0.0501. The van der Waals surface area contributed by atoms with Crippen molar-refractivity contribution in [1.82, 2.24) is 5.32 Å². The summed E-state index contributed by atoms with van der Waals surface area (Å²) in [4.78, 5) is 56.1. The molecule has 1 unspecified atom stereocenters. The lowest BCUT2D eigenvalue weighted by Crippen LogP contribution is -2.30. The van der Waals surface area contributed by atoms with Crippen molar-refractivity contribution in [2.24, 2.45) is 0 Å². The Balaban J connectivity index is 1.25. The first-order valence-electron chi connectivity index (χ1n) is 17.4. The van der Waals surface area contributed by atoms with Crippen LogP contribution in [-0.2, 0) is 27.2 Å². The Bertz CT molecular complexity index is 2120. The first kappa shape index (κ1) is 37.8. The number of thioether (sulfide) groups is 1. The monoisotopic (exact) mass is 807 g/mol. The molecule has 1 aliphatic carbocycles. The molecule has 0 aliphatic heterocycles. The molecular formula is C42H38BrN3O5S2. The SMILES string of the molecule is CCOC(=O)c1c(NC(=O)C(Sc2cccc(NC(=O)/C(=C\c3ccc(Br)cc3)NC(=O)c3ccccc3)c2)c2ccccc2)sc2c1CCCCC2. The van der Waals surface area contributed by atoms with Gasteiger partial charge in [0, 0.05) is 25.5 Å². The van der Waals surface area contributed by atoms with Crippen LogP contribution in [0.15, 0.2) is 124 Å². The minimum absolute atomic E-state index is 0.0625. The van der Waals surface area contributed by atoms with Crippen LogP contribution in [0.2, 0.25) is 0 Å². The minimum atomic E-state index is -0.683. The molecule has 0 radical (unpaired) electrons. The molecule has 1 heterocycles. The number of nitrogens with one attached hydrogen (secondary N) is 3. The fourth-order valence-corrected chi connectivity index (χ4v) is 8.61. The average molecular weight is 809 g/mol. The molecule has 1 aliphatic rings. The molecule has 0 fully saturated rings. The molecule has 0 bridgehead atoms. The number of carbonyl (C=O) groups is 4. The Hall–Kier alpha value is -4.97. The zero-order valence-electron chi connectivity index (χ0n) is 29.0. The summed E-state index contributed by atoms with van der Waals surface area (Å²) in [6, 6.07) is 32.7. The second-order valence-corrected chi connectivity index (χ2v) is 15.5. The van der Waals surface area contributed by atoms with Crippen LogP contribution in [0, 0.1) is 0 Å². The van der Waals surface area contributed by atoms with Gasteiger partial charge in [0.05, 0.1) is 12.2 Å². The summed E-state index contributed by atoms with van der Waals surface area (Å²) >= 11 is 6.23. The van der Waals surface area contributed by atoms with Crippen LogP contribution in [0.4, 0.5) is 10.7 Å². The Labute approximate surface area is 325 Å². The van der Waals surface area contributed by atoms with Gasteiger partial charge in [0.2, 0.25) is 5.91 Å². The first-order valence-corrected chi connectivity index (χ1v) is 19.9. The summed E-state index contributed by atoms with van der Waals surface area (Å²) in [5.41, 5.74) is 3.92. The van der Waals surface area contributed by atoms with Crippen molar-refractivity contribution in [2.75, 3.05) is 17.2 Å². The molecule has 270 valence electrons. The van der Waals surface area contributed by atoms with Crippen LogP contribution < -0.4 is 16.0 Å². The summed E-state index contributed by atoms with van der Waals surface area (Å²) in [6.45, 7) is 2.02. The van der Waals surface area contributed by atoms with Crippen LogP contribution >= 0.6 is 39.0 Å². The van der Waals surface area contributed by atoms with Crippen molar-refractivity contribution in [3.8, 4) is 0 Å². The smallest absolute Gasteiger partial charge is 0.341 e. The highest BCUT2D eigenvalue weighted by molar-refractivity contribution is 9.10. The van der Waals surface area contributed by atoms with Crippen molar-refractivity contribution in [3.63, 3.8) is 0 Å². The maximum Gasteiger partial charge on any atom is 0.341 e. The van der Waals surface area contributed by atoms with Crippen LogP contribution in [0.1, 0.15) is 73.7 Å². The fourth-order valence-electron chi connectivity index (χ4n) is 5.98. The highest BCUT2D eigenvalue weighted by Gasteiger charge is 2.29. The van der Waals surface area contributed by atoms with Crippen molar-refractivity contribution in [1.29, 1.82) is 0 Å². The van der Waals surface area contributed by atoms with Crippen molar-refractivity contribution in [3.05, 3.63) is 152 Å². The summed E-state index contributed by atoms with van der Waals surface area (Å²) in [5.74, 6) is -1.62. The standard InChI is InChI=1S/C42H38BrN3O5S2/c1-2-51-42(50)36-33-19-10-5-11-20-35(33)53-41(36)46-40(49)37(28-13-6-3-7-14-28)52-32-18-12-17-31(26-32)44-39(48)34(25-27-21-23-30(43)24-22-27)45-38(47)29-15-8-4-9-16-29/h3-4,6-9,12-18,21-26,37H,2,5,10-11,19-20H2,1H3,(H,44,48)(H,45,47)(H,46,49)/b34-25+. The minimum Gasteiger partial charge on any atom is -0.462 e. The van der Waals surface area contributed by atoms with E-state index in [9.17, 15) is 19.2 Å². The summed E-state index contributed by atoms with van der Waals surface area (Å²) < 4.78 is 6.33. The number of thiophene rings is 1. The topological polar surface area (TPSA) is 114 Å². The number of hydrogen-bond donors (Lipinski definition) is 3. The Morgan fingerprint density at radius 1 is 0.849 bits per heavy atom. The van der Waals surface area contributed by atoms with E-state index in [-0.39, 0.29) is 18.2 Å². The van der Waals surface area contributed by atoms with E-state index in [2.05, 4.69) is 31.9 Å². The van der Waals surface area contributed by atoms with Gasteiger partial charge in [-0.3, -0.25) is 14.4 Å². The van der Waals surface area contributed by atoms with Crippen LogP contribution in [0.3, 0.4) is 0 Å². The molecule has 5 aromatic rings. The third-order valence-corrected chi connectivity index (χ3v) is 11.5. The van der Waals surface area contributed by atoms with E-state index in [0.29, 0.717) is 21.8 Å². The van der Waals surface area contributed by atoms with E-state index in [4.69, 9.17) is 4.74 Å². The predicted molar refractivity (Wildman–Crippen MR) is 216 cm³/mol. The Kier molecular flexibility index (Phi) is 13.0. The predicted octanol–water partition coefficient (Wildman–Crippen LogP) is 9.84. The van der Waals surface area contributed by atoms with Gasteiger partial charge in [-0.05, 0) is 97.8 Å². The van der Waals surface area contributed by atoms with Gasteiger partial charge in [-0.2, -0.15) is 0 Å². The van der Waals surface area contributed by atoms with Gasteiger partial charge in [-0.15, -0.1) is 23.1 Å². The van der Waals surface area contributed by atoms with Gasteiger partial charge >= 0.3 is 5.97 Å². The molecule has 4 aromatic carbocycles. The number of amides is 3. The van der Waals surface area contributed by atoms with Gasteiger partial charge < -0.3 is 20.7 Å². The number of aryl methyl sites for hydroxylation is 1. The third-order valence-electron chi connectivity index (χ3n) is 8.53. The maximum absolute atomic E-state index is 14.2. The molecule has 0 saturated heterocycles. The zero-order valence-corrected chi connectivity index (χ0v) is 32.2. The molecule has 11 heteroatoms. The van der Waals surface area contributed by atoms with E-state index in [1.807, 2.05) is 66.7 Å². The van der Waals surface area contributed by atoms with Gasteiger partial charge in [0.15, 0.2) is 0 Å². The summed E-state index contributed by atoms with van der Waals surface area (Å²) in [6.07, 6.45) is 6.39.